The molecule has 1 heterocycles. The van der Waals surface area contributed by atoms with E-state index in [9.17, 15) is 8.42 Å². The lowest BCUT2D eigenvalue weighted by atomic mass is 9.60. The first-order valence-corrected chi connectivity index (χ1v) is 10.8. The lowest BCUT2D eigenvalue weighted by molar-refractivity contribution is 0.212. The highest BCUT2D eigenvalue weighted by molar-refractivity contribution is 7.90. The quantitative estimate of drug-likeness (QED) is 0.739. The summed E-state index contributed by atoms with van der Waals surface area (Å²) in [6, 6.07) is 3.77. The Morgan fingerprint density at radius 2 is 2.08 bits per heavy atom. The molecule has 3 atom stereocenters. The van der Waals surface area contributed by atoms with Gasteiger partial charge < -0.3 is 5.32 Å². The molecule has 1 saturated carbocycles. The Morgan fingerprint density at radius 1 is 1.36 bits per heavy atom. The van der Waals surface area contributed by atoms with E-state index in [0.29, 0.717) is 0 Å². The van der Waals surface area contributed by atoms with E-state index in [1.807, 2.05) is 26.2 Å². The van der Waals surface area contributed by atoms with Gasteiger partial charge in [-0.2, -0.15) is 0 Å². The minimum absolute atomic E-state index is 0.0823. The molecule has 0 radical (unpaired) electrons. The third-order valence-corrected chi connectivity index (χ3v) is 7.86. The molecule has 25 heavy (non-hydrogen) atoms. The van der Waals surface area contributed by atoms with Crippen molar-refractivity contribution >= 4 is 27.2 Å². The molecular weight excluding hydrogens is 354 g/mol. The van der Waals surface area contributed by atoms with E-state index in [4.69, 9.17) is 12.2 Å². The maximum atomic E-state index is 12.4. The number of sulfonamides is 1. The summed E-state index contributed by atoms with van der Waals surface area (Å²) in [5.74, 6) is 0.0823. The molecule has 0 bridgehead atoms. The standard InChI is InChI=1S/C18H29N3O2S2/c1-13(2)25(22,23)21-14(3)16-9-5-6-10-18(16,17(24)19-4)15-8-7-11-20-12-15/h7-8,11-14,16,21H,5-6,9-10H2,1-4H3,(H,19,24)/t14?,16-,18-/m1/s1. The topological polar surface area (TPSA) is 71.1 Å². The van der Waals surface area contributed by atoms with Crippen LogP contribution in [0.25, 0.3) is 0 Å². The third kappa shape index (κ3) is 4.04. The Labute approximate surface area is 157 Å². The maximum absolute atomic E-state index is 12.4. The van der Waals surface area contributed by atoms with E-state index in [1.54, 1.807) is 20.0 Å². The van der Waals surface area contributed by atoms with Crippen LogP contribution in [0.5, 0.6) is 0 Å². The van der Waals surface area contributed by atoms with Gasteiger partial charge in [-0.15, -0.1) is 0 Å². The fraction of sp³-hybridized carbons (Fsp3) is 0.667. The molecule has 1 aromatic rings. The third-order valence-electron chi connectivity index (χ3n) is 5.35. The van der Waals surface area contributed by atoms with Gasteiger partial charge in [0.05, 0.1) is 15.7 Å². The van der Waals surface area contributed by atoms with Gasteiger partial charge in [0.25, 0.3) is 0 Å². The number of hydrogen-bond donors (Lipinski definition) is 2. The van der Waals surface area contributed by atoms with Gasteiger partial charge in [-0.25, -0.2) is 13.1 Å². The molecule has 0 spiro atoms. The Bertz CT molecular complexity index is 692. The Morgan fingerprint density at radius 3 is 2.64 bits per heavy atom. The molecular formula is C18H29N3O2S2. The van der Waals surface area contributed by atoms with Crippen molar-refractivity contribution in [2.24, 2.45) is 5.92 Å². The highest BCUT2D eigenvalue weighted by atomic mass is 32.2. The average molecular weight is 384 g/mol. The van der Waals surface area contributed by atoms with Crippen molar-refractivity contribution in [3.63, 3.8) is 0 Å². The smallest absolute Gasteiger partial charge is 0.214 e. The second-order valence-electron chi connectivity index (χ2n) is 7.14. The summed E-state index contributed by atoms with van der Waals surface area (Å²) in [5.41, 5.74) is 0.671. The van der Waals surface area contributed by atoms with Gasteiger partial charge in [0.2, 0.25) is 10.0 Å². The lowest BCUT2D eigenvalue weighted by Crippen LogP contribution is -2.56. The molecule has 1 aliphatic carbocycles. The molecule has 2 rings (SSSR count). The molecule has 0 saturated heterocycles. The summed E-state index contributed by atoms with van der Waals surface area (Å²) in [4.78, 5) is 5.06. The van der Waals surface area contributed by atoms with Crippen molar-refractivity contribution in [3.8, 4) is 0 Å². The highest BCUT2D eigenvalue weighted by Gasteiger charge is 2.48. The molecule has 2 N–H and O–H groups in total. The van der Waals surface area contributed by atoms with Gasteiger partial charge in [0.1, 0.15) is 0 Å². The fourth-order valence-electron chi connectivity index (χ4n) is 3.98. The van der Waals surface area contributed by atoms with Crippen LogP contribution >= 0.6 is 12.2 Å². The van der Waals surface area contributed by atoms with Crippen LogP contribution in [-0.4, -0.2) is 36.7 Å². The number of hydrogen-bond acceptors (Lipinski definition) is 4. The van der Waals surface area contributed by atoms with Crippen LogP contribution in [0, 0.1) is 5.92 Å². The van der Waals surface area contributed by atoms with E-state index >= 15 is 0 Å². The Balaban J connectivity index is 2.47. The largest absolute Gasteiger partial charge is 0.382 e. The number of aromatic nitrogens is 1. The molecule has 1 aliphatic rings. The second-order valence-corrected chi connectivity index (χ2v) is 9.82. The summed E-state index contributed by atoms with van der Waals surface area (Å²) in [7, 11) is -1.50. The SMILES string of the molecule is CNC(=S)[C@@]1(c2cccnc2)CCCC[C@@H]1C(C)NS(=O)(=O)C(C)C. The van der Waals surface area contributed by atoms with Gasteiger partial charge in [-0.05, 0) is 51.2 Å². The zero-order valence-corrected chi connectivity index (χ0v) is 17.1. The van der Waals surface area contributed by atoms with E-state index in [2.05, 4.69) is 21.1 Å². The number of thiocarbonyl (C=S) groups is 1. The molecule has 0 aliphatic heterocycles. The van der Waals surface area contributed by atoms with Crippen LogP contribution < -0.4 is 10.0 Å². The van der Waals surface area contributed by atoms with E-state index in [0.717, 1.165) is 36.2 Å². The number of pyridine rings is 1. The molecule has 1 aromatic heterocycles. The zero-order valence-electron chi connectivity index (χ0n) is 15.5. The van der Waals surface area contributed by atoms with Gasteiger partial charge >= 0.3 is 0 Å². The van der Waals surface area contributed by atoms with Gasteiger partial charge in [0.15, 0.2) is 0 Å². The first-order chi connectivity index (χ1) is 11.8. The molecule has 140 valence electrons. The van der Waals surface area contributed by atoms with Crippen LogP contribution in [-0.2, 0) is 15.4 Å². The van der Waals surface area contributed by atoms with Gasteiger partial charge in [0, 0.05) is 25.5 Å². The van der Waals surface area contributed by atoms with Crippen LogP contribution in [0.15, 0.2) is 24.5 Å². The summed E-state index contributed by atoms with van der Waals surface area (Å²) in [6.45, 7) is 5.35. The second kappa shape index (κ2) is 8.10. The number of likely N-dealkylation sites (N-methyl/N-ethyl adjacent to an activating group) is 1. The summed E-state index contributed by atoms with van der Waals surface area (Å²) in [5, 5.41) is 2.71. The fourth-order valence-corrected chi connectivity index (χ4v) is 5.30. The zero-order chi connectivity index (χ0) is 18.7. The van der Waals surface area contributed by atoms with Crippen LogP contribution in [0.3, 0.4) is 0 Å². The number of nitrogens with one attached hydrogen (secondary N) is 2. The van der Waals surface area contributed by atoms with E-state index < -0.39 is 20.7 Å². The van der Waals surface area contributed by atoms with Crippen LogP contribution in [0.4, 0.5) is 0 Å². The molecule has 1 unspecified atom stereocenters. The first kappa shape index (κ1) is 20.3. The normalized spacial score (nSPS) is 25.6. The van der Waals surface area contributed by atoms with Crippen LogP contribution in [0.1, 0.15) is 52.0 Å². The monoisotopic (exact) mass is 383 g/mol. The molecule has 7 heteroatoms. The first-order valence-electron chi connectivity index (χ1n) is 8.89. The molecule has 1 fully saturated rings. The number of rotatable bonds is 6. The molecule has 0 amide bonds. The van der Waals surface area contributed by atoms with Crippen molar-refractivity contribution in [3.05, 3.63) is 30.1 Å². The van der Waals surface area contributed by atoms with Gasteiger partial charge in [-0.3, -0.25) is 4.98 Å². The van der Waals surface area contributed by atoms with Crippen LogP contribution in [0.2, 0.25) is 0 Å². The Kier molecular flexibility index (Phi) is 6.56. The van der Waals surface area contributed by atoms with Crippen molar-refractivity contribution in [1.82, 2.24) is 15.0 Å². The van der Waals surface area contributed by atoms with E-state index in [1.165, 1.54) is 0 Å². The van der Waals surface area contributed by atoms with Crippen molar-refractivity contribution < 1.29 is 8.42 Å². The minimum Gasteiger partial charge on any atom is -0.382 e. The van der Waals surface area contributed by atoms with Crippen molar-refractivity contribution in [1.29, 1.82) is 0 Å². The molecule has 0 aromatic carbocycles. The lowest BCUT2D eigenvalue weighted by Gasteiger charge is -2.47. The summed E-state index contributed by atoms with van der Waals surface area (Å²) < 4.78 is 27.7. The van der Waals surface area contributed by atoms with Crippen molar-refractivity contribution in [2.75, 3.05) is 7.05 Å². The van der Waals surface area contributed by atoms with Crippen molar-refractivity contribution in [2.45, 2.75) is 63.2 Å². The minimum atomic E-state index is -3.34. The maximum Gasteiger partial charge on any atom is 0.214 e. The average Bonchev–Trinajstić information content (AvgIpc) is 2.61. The summed E-state index contributed by atoms with van der Waals surface area (Å²) >= 11 is 5.74. The predicted molar refractivity (Wildman–Crippen MR) is 106 cm³/mol. The summed E-state index contributed by atoms with van der Waals surface area (Å²) in [6.07, 6.45) is 7.59. The molecule has 5 nitrogen and oxygen atoms in total. The van der Waals surface area contributed by atoms with Gasteiger partial charge in [-0.1, -0.05) is 31.1 Å². The highest BCUT2D eigenvalue weighted by Crippen LogP contribution is 2.46. The Hall–Kier alpha value is -1.05. The van der Waals surface area contributed by atoms with E-state index in [-0.39, 0.29) is 12.0 Å². The predicted octanol–water partition coefficient (Wildman–Crippen LogP) is 2.77. The number of nitrogens with zero attached hydrogens (tertiary/aromatic N) is 1.